The topological polar surface area (TPSA) is 53.6 Å². The van der Waals surface area contributed by atoms with Crippen molar-refractivity contribution >= 4 is 5.91 Å². The molecule has 1 amide bonds. The van der Waals surface area contributed by atoms with Gasteiger partial charge in [-0.1, -0.05) is 13.3 Å². The molecule has 2 N–H and O–H groups in total. The lowest BCUT2D eigenvalue weighted by Crippen LogP contribution is -2.44. The minimum Gasteiger partial charge on any atom is -0.494 e. The second kappa shape index (κ2) is 10.2. The van der Waals surface area contributed by atoms with Crippen LogP contribution in [0.5, 0.6) is 5.75 Å². The Kier molecular flexibility index (Phi) is 7.90. The van der Waals surface area contributed by atoms with Gasteiger partial charge >= 0.3 is 0 Å². The largest absolute Gasteiger partial charge is 0.494 e. The van der Waals surface area contributed by atoms with E-state index in [9.17, 15) is 4.79 Å². The molecule has 1 heterocycles. The molecule has 0 bridgehead atoms. The number of ether oxygens (including phenoxy) is 1. The van der Waals surface area contributed by atoms with E-state index >= 15 is 0 Å². The summed E-state index contributed by atoms with van der Waals surface area (Å²) in [7, 11) is 0. The number of nitrogens with zero attached hydrogens (tertiary/aromatic N) is 1. The molecule has 0 atom stereocenters. The normalized spacial score (nSPS) is 15.3. The zero-order valence-electron chi connectivity index (χ0n) is 14.1. The van der Waals surface area contributed by atoms with Crippen molar-refractivity contribution in [2.24, 2.45) is 0 Å². The van der Waals surface area contributed by atoms with Gasteiger partial charge in [0.15, 0.2) is 0 Å². The monoisotopic (exact) mass is 319 g/mol. The third-order valence-electron chi connectivity index (χ3n) is 4.03. The number of benzene rings is 1. The van der Waals surface area contributed by atoms with Gasteiger partial charge in [-0.3, -0.25) is 4.79 Å². The summed E-state index contributed by atoms with van der Waals surface area (Å²) in [5.41, 5.74) is 0.690. The van der Waals surface area contributed by atoms with Crippen molar-refractivity contribution in [1.82, 2.24) is 15.5 Å². The molecule has 5 nitrogen and oxygen atoms in total. The Balaban J connectivity index is 1.64. The molecule has 1 fully saturated rings. The van der Waals surface area contributed by atoms with Crippen LogP contribution in [0.2, 0.25) is 0 Å². The molecular formula is C18H29N3O2. The van der Waals surface area contributed by atoms with E-state index in [0.717, 1.165) is 70.9 Å². The summed E-state index contributed by atoms with van der Waals surface area (Å²) in [5, 5.41) is 6.33. The zero-order valence-corrected chi connectivity index (χ0v) is 14.1. The molecule has 1 aliphatic rings. The van der Waals surface area contributed by atoms with E-state index in [0.29, 0.717) is 5.56 Å². The maximum Gasteiger partial charge on any atom is 0.251 e. The fourth-order valence-electron chi connectivity index (χ4n) is 2.58. The summed E-state index contributed by atoms with van der Waals surface area (Å²) in [4.78, 5) is 14.5. The van der Waals surface area contributed by atoms with Crippen LogP contribution in [0.1, 0.15) is 36.5 Å². The Labute approximate surface area is 139 Å². The van der Waals surface area contributed by atoms with Crippen LogP contribution in [0, 0.1) is 0 Å². The van der Waals surface area contributed by atoms with Gasteiger partial charge in [0, 0.05) is 38.3 Å². The van der Waals surface area contributed by atoms with Crippen molar-refractivity contribution in [2.45, 2.75) is 26.2 Å². The average molecular weight is 319 g/mol. The number of hydrogen-bond acceptors (Lipinski definition) is 4. The molecule has 0 unspecified atom stereocenters. The summed E-state index contributed by atoms with van der Waals surface area (Å²) in [6.07, 6.45) is 3.16. The highest BCUT2D eigenvalue weighted by atomic mass is 16.5. The van der Waals surface area contributed by atoms with E-state index in [1.54, 1.807) is 0 Å². The SMILES string of the molecule is CCCCOc1ccc(C(=O)NCCCN2CCNCC2)cc1. The van der Waals surface area contributed by atoms with Crippen LogP contribution >= 0.6 is 0 Å². The zero-order chi connectivity index (χ0) is 16.3. The quantitative estimate of drug-likeness (QED) is 0.683. The molecular weight excluding hydrogens is 290 g/mol. The van der Waals surface area contributed by atoms with Gasteiger partial charge in [-0.25, -0.2) is 0 Å². The van der Waals surface area contributed by atoms with Crippen LogP contribution in [0.4, 0.5) is 0 Å². The van der Waals surface area contributed by atoms with Gasteiger partial charge in [0.2, 0.25) is 0 Å². The summed E-state index contributed by atoms with van der Waals surface area (Å²) in [6.45, 7) is 8.98. The van der Waals surface area contributed by atoms with Crippen LogP contribution in [0.25, 0.3) is 0 Å². The molecule has 0 aromatic heterocycles. The molecule has 0 spiro atoms. The number of carbonyl (C=O) groups is 1. The Morgan fingerprint density at radius 2 is 1.96 bits per heavy atom. The van der Waals surface area contributed by atoms with E-state index in [1.807, 2.05) is 24.3 Å². The molecule has 0 radical (unpaired) electrons. The number of rotatable bonds is 9. The molecule has 5 heteroatoms. The molecule has 1 aromatic rings. The predicted molar refractivity (Wildman–Crippen MR) is 93.1 cm³/mol. The maximum atomic E-state index is 12.1. The predicted octanol–water partition coefficient (Wildman–Crippen LogP) is 1.89. The maximum absolute atomic E-state index is 12.1. The lowest BCUT2D eigenvalue weighted by Gasteiger charge is -2.27. The highest BCUT2D eigenvalue weighted by Gasteiger charge is 2.09. The van der Waals surface area contributed by atoms with Gasteiger partial charge in [0.05, 0.1) is 6.61 Å². The van der Waals surface area contributed by atoms with Crippen LogP contribution < -0.4 is 15.4 Å². The van der Waals surface area contributed by atoms with E-state index in [1.165, 1.54) is 0 Å². The first-order chi connectivity index (χ1) is 11.3. The van der Waals surface area contributed by atoms with E-state index in [4.69, 9.17) is 4.74 Å². The first-order valence-electron chi connectivity index (χ1n) is 8.73. The van der Waals surface area contributed by atoms with Gasteiger partial charge < -0.3 is 20.3 Å². The number of unbranched alkanes of at least 4 members (excludes halogenated alkanes) is 1. The van der Waals surface area contributed by atoms with Crippen molar-refractivity contribution in [3.63, 3.8) is 0 Å². The third-order valence-corrected chi connectivity index (χ3v) is 4.03. The van der Waals surface area contributed by atoms with Crippen molar-refractivity contribution in [3.8, 4) is 5.75 Å². The Morgan fingerprint density at radius 1 is 1.22 bits per heavy atom. The highest BCUT2D eigenvalue weighted by Crippen LogP contribution is 2.12. The Bertz CT molecular complexity index is 456. The van der Waals surface area contributed by atoms with Gasteiger partial charge in [-0.05, 0) is 43.7 Å². The van der Waals surface area contributed by atoms with Gasteiger partial charge in [-0.15, -0.1) is 0 Å². The van der Waals surface area contributed by atoms with Crippen molar-refractivity contribution in [2.75, 3.05) is 45.9 Å². The molecule has 1 saturated heterocycles. The van der Waals surface area contributed by atoms with Gasteiger partial charge in [0.1, 0.15) is 5.75 Å². The first kappa shape index (κ1) is 17.8. The third kappa shape index (κ3) is 6.59. The van der Waals surface area contributed by atoms with E-state index < -0.39 is 0 Å². The number of hydrogen-bond donors (Lipinski definition) is 2. The summed E-state index contributed by atoms with van der Waals surface area (Å²) < 4.78 is 5.60. The minimum absolute atomic E-state index is 0.00887. The smallest absolute Gasteiger partial charge is 0.251 e. The fourth-order valence-corrected chi connectivity index (χ4v) is 2.58. The fraction of sp³-hybridized carbons (Fsp3) is 0.611. The Hall–Kier alpha value is -1.59. The van der Waals surface area contributed by atoms with Crippen molar-refractivity contribution < 1.29 is 9.53 Å². The second-order valence-electron chi connectivity index (χ2n) is 5.93. The molecule has 0 aliphatic carbocycles. The van der Waals surface area contributed by atoms with Crippen LogP contribution in [0.15, 0.2) is 24.3 Å². The first-order valence-corrected chi connectivity index (χ1v) is 8.73. The van der Waals surface area contributed by atoms with E-state index in [-0.39, 0.29) is 5.91 Å². The summed E-state index contributed by atoms with van der Waals surface area (Å²) in [6, 6.07) is 7.39. The van der Waals surface area contributed by atoms with Crippen LogP contribution in [-0.2, 0) is 0 Å². The molecule has 1 aromatic carbocycles. The standard InChI is InChI=1S/C18H29N3O2/c1-2-3-15-23-17-7-5-16(6-8-17)18(22)20-9-4-12-21-13-10-19-11-14-21/h5-8,19H,2-4,9-15H2,1H3,(H,20,22). The van der Waals surface area contributed by atoms with Gasteiger partial charge in [0.25, 0.3) is 5.91 Å². The van der Waals surface area contributed by atoms with Crippen LogP contribution in [-0.4, -0.2) is 56.7 Å². The van der Waals surface area contributed by atoms with Crippen molar-refractivity contribution in [3.05, 3.63) is 29.8 Å². The summed E-state index contributed by atoms with van der Waals surface area (Å²) in [5.74, 6) is 0.819. The highest BCUT2D eigenvalue weighted by molar-refractivity contribution is 5.94. The number of amides is 1. The molecule has 2 rings (SSSR count). The average Bonchev–Trinajstić information content (AvgIpc) is 2.60. The lowest BCUT2D eigenvalue weighted by atomic mass is 10.2. The molecule has 0 saturated carbocycles. The summed E-state index contributed by atoms with van der Waals surface area (Å²) >= 11 is 0. The van der Waals surface area contributed by atoms with E-state index in [2.05, 4.69) is 22.5 Å². The van der Waals surface area contributed by atoms with Crippen molar-refractivity contribution in [1.29, 1.82) is 0 Å². The molecule has 23 heavy (non-hydrogen) atoms. The second-order valence-corrected chi connectivity index (χ2v) is 5.93. The van der Waals surface area contributed by atoms with Gasteiger partial charge in [-0.2, -0.15) is 0 Å². The van der Waals surface area contributed by atoms with Crippen LogP contribution in [0.3, 0.4) is 0 Å². The number of piperazine rings is 1. The number of nitrogens with one attached hydrogen (secondary N) is 2. The Morgan fingerprint density at radius 3 is 2.65 bits per heavy atom. The molecule has 1 aliphatic heterocycles. The lowest BCUT2D eigenvalue weighted by molar-refractivity contribution is 0.0951. The molecule has 128 valence electrons. The minimum atomic E-state index is -0.00887. The number of carbonyl (C=O) groups excluding carboxylic acids is 1.